The second-order valence-electron chi connectivity index (χ2n) is 8.35. The molecule has 6 rings (SSSR count). The van der Waals surface area contributed by atoms with Gasteiger partial charge >= 0.3 is 0 Å². The summed E-state index contributed by atoms with van der Waals surface area (Å²) in [5.74, 6) is 0.219. The maximum atomic E-state index is 13.1. The van der Waals surface area contributed by atoms with Crippen molar-refractivity contribution in [3.63, 3.8) is 0 Å². The third-order valence-corrected chi connectivity index (χ3v) is 8.09. The van der Waals surface area contributed by atoms with Gasteiger partial charge < -0.3 is 5.73 Å². The van der Waals surface area contributed by atoms with Crippen LogP contribution in [0.1, 0.15) is 38.8 Å². The second-order valence-corrected chi connectivity index (χ2v) is 10.2. The summed E-state index contributed by atoms with van der Waals surface area (Å²) in [7, 11) is 0. The molecular weight excluding hydrogens is 462 g/mol. The van der Waals surface area contributed by atoms with Crippen molar-refractivity contribution in [3.05, 3.63) is 87.9 Å². The van der Waals surface area contributed by atoms with Crippen LogP contribution >= 0.6 is 22.7 Å². The highest BCUT2D eigenvalue weighted by molar-refractivity contribution is 7.21. The summed E-state index contributed by atoms with van der Waals surface area (Å²) >= 11 is 2.70. The van der Waals surface area contributed by atoms with Crippen molar-refractivity contribution in [1.82, 2.24) is 15.0 Å². The number of nitrogens with one attached hydrogen (secondary N) is 1. The van der Waals surface area contributed by atoms with Crippen molar-refractivity contribution in [3.8, 4) is 11.4 Å². The number of hydrogen-bond acceptors (Lipinski definition) is 7. The Bertz CT molecular complexity index is 1490. The molecule has 0 fully saturated rings. The van der Waals surface area contributed by atoms with Gasteiger partial charge in [-0.3, -0.25) is 15.1 Å². The van der Waals surface area contributed by atoms with Crippen LogP contribution in [-0.4, -0.2) is 20.9 Å². The third kappa shape index (κ3) is 3.85. The van der Waals surface area contributed by atoms with Crippen molar-refractivity contribution in [2.75, 3.05) is 11.1 Å². The molecule has 168 valence electrons. The van der Waals surface area contributed by atoms with Gasteiger partial charge in [0.25, 0.3) is 5.91 Å². The fraction of sp³-hybridized carbons (Fsp3) is 0.154. The maximum Gasteiger partial charge on any atom is 0.269 e. The number of aryl methyl sites for hydroxylation is 1. The smallest absolute Gasteiger partial charge is 0.269 e. The molecule has 1 atom stereocenters. The molecule has 1 aliphatic rings. The van der Waals surface area contributed by atoms with Crippen LogP contribution in [0.2, 0.25) is 0 Å². The minimum absolute atomic E-state index is 0.262. The molecule has 1 amide bonds. The summed E-state index contributed by atoms with van der Waals surface area (Å²) < 4.78 is 0. The summed E-state index contributed by atoms with van der Waals surface area (Å²) in [6.07, 6.45) is 4.67. The van der Waals surface area contributed by atoms with Crippen LogP contribution in [0.3, 0.4) is 0 Å². The Morgan fingerprint density at radius 3 is 2.74 bits per heavy atom. The molecule has 1 aliphatic carbocycles. The van der Waals surface area contributed by atoms with E-state index >= 15 is 0 Å². The number of nitrogens with zero attached hydrogens (tertiary/aromatic N) is 3. The van der Waals surface area contributed by atoms with Crippen LogP contribution in [0.5, 0.6) is 0 Å². The topological polar surface area (TPSA) is 93.8 Å². The number of aromatic nitrogens is 3. The molecule has 0 bridgehead atoms. The number of fused-ring (bicyclic) bond motifs is 2. The number of carbonyl (C=O) groups excluding carboxylic acids is 1. The lowest BCUT2D eigenvalue weighted by molar-refractivity contribution is 0.103. The first kappa shape index (κ1) is 20.9. The lowest BCUT2D eigenvalue weighted by atomic mass is 9.82. The number of carbonyl (C=O) groups is 1. The van der Waals surface area contributed by atoms with Gasteiger partial charge in [0.15, 0.2) is 5.13 Å². The highest BCUT2D eigenvalue weighted by Crippen LogP contribution is 2.38. The zero-order chi connectivity index (χ0) is 23.1. The summed E-state index contributed by atoms with van der Waals surface area (Å²) in [6.45, 7) is 0. The fourth-order valence-corrected chi connectivity index (χ4v) is 6.18. The van der Waals surface area contributed by atoms with E-state index in [1.54, 1.807) is 6.20 Å². The Balaban J connectivity index is 1.26. The highest BCUT2D eigenvalue weighted by Gasteiger charge is 2.25. The van der Waals surface area contributed by atoms with E-state index < -0.39 is 0 Å². The Morgan fingerprint density at radius 1 is 1.06 bits per heavy atom. The first-order valence-corrected chi connectivity index (χ1v) is 12.8. The SMILES string of the molecule is Nc1c(C(=O)Nc2nc(-c3ccccn3)cs2)sc2nc3c(cc12)CC(c1ccccc1)CC3. The number of nitrogens with two attached hydrogens (primary N) is 1. The molecule has 0 aliphatic heterocycles. The Hall–Kier alpha value is -3.62. The van der Waals surface area contributed by atoms with Crippen molar-refractivity contribution in [2.24, 2.45) is 0 Å². The van der Waals surface area contributed by atoms with Crippen molar-refractivity contribution in [1.29, 1.82) is 0 Å². The van der Waals surface area contributed by atoms with Crippen LogP contribution in [-0.2, 0) is 12.8 Å². The van der Waals surface area contributed by atoms with Gasteiger partial charge in [0, 0.05) is 22.7 Å². The lowest BCUT2D eigenvalue weighted by Gasteiger charge is -2.24. The average molecular weight is 484 g/mol. The van der Waals surface area contributed by atoms with Gasteiger partial charge in [0.05, 0.1) is 11.4 Å². The van der Waals surface area contributed by atoms with E-state index in [-0.39, 0.29) is 5.91 Å². The van der Waals surface area contributed by atoms with Gasteiger partial charge in [-0.2, -0.15) is 0 Å². The fourth-order valence-electron chi connectivity index (χ4n) is 4.49. The van der Waals surface area contributed by atoms with Gasteiger partial charge in [-0.05, 0) is 54.5 Å². The molecule has 0 spiro atoms. The predicted molar refractivity (Wildman–Crippen MR) is 139 cm³/mol. The Kier molecular flexibility index (Phi) is 5.31. The van der Waals surface area contributed by atoms with Crippen molar-refractivity contribution < 1.29 is 4.79 Å². The van der Waals surface area contributed by atoms with Gasteiger partial charge in [-0.25, -0.2) is 9.97 Å². The molecule has 4 aromatic heterocycles. The Morgan fingerprint density at radius 2 is 1.91 bits per heavy atom. The van der Waals surface area contributed by atoms with Crippen LogP contribution in [0, 0.1) is 0 Å². The number of thiophene rings is 1. The molecule has 8 heteroatoms. The van der Waals surface area contributed by atoms with E-state index in [2.05, 4.69) is 51.7 Å². The molecule has 1 aromatic carbocycles. The highest BCUT2D eigenvalue weighted by atomic mass is 32.1. The minimum Gasteiger partial charge on any atom is -0.397 e. The first-order valence-electron chi connectivity index (χ1n) is 11.1. The van der Waals surface area contributed by atoms with E-state index in [9.17, 15) is 4.79 Å². The van der Waals surface area contributed by atoms with Crippen molar-refractivity contribution in [2.45, 2.75) is 25.2 Å². The van der Waals surface area contributed by atoms with Gasteiger partial charge in [0.2, 0.25) is 0 Å². The van der Waals surface area contributed by atoms with Gasteiger partial charge in [-0.1, -0.05) is 36.4 Å². The number of amides is 1. The second kappa shape index (κ2) is 8.62. The molecule has 1 unspecified atom stereocenters. The molecule has 0 radical (unpaired) electrons. The van der Waals surface area contributed by atoms with Crippen molar-refractivity contribution >= 4 is 49.6 Å². The van der Waals surface area contributed by atoms with E-state index in [4.69, 9.17) is 10.7 Å². The molecule has 34 heavy (non-hydrogen) atoms. The quantitative estimate of drug-likeness (QED) is 0.331. The molecular formula is C26H21N5OS2. The molecule has 6 nitrogen and oxygen atoms in total. The molecule has 0 saturated heterocycles. The summed E-state index contributed by atoms with van der Waals surface area (Å²) in [4.78, 5) is 28.0. The number of pyridine rings is 2. The third-order valence-electron chi connectivity index (χ3n) is 6.21. The van der Waals surface area contributed by atoms with Crippen LogP contribution in [0.15, 0.2) is 66.2 Å². The average Bonchev–Trinajstić information content (AvgIpc) is 3.48. The summed E-state index contributed by atoms with van der Waals surface area (Å²) in [5, 5.41) is 6.14. The van der Waals surface area contributed by atoms with Crippen LogP contribution < -0.4 is 11.1 Å². The number of nitrogen functional groups attached to an aromatic ring is 1. The van der Waals surface area contributed by atoms with E-state index in [1.807, 2.05) is 23.6 Å². The zero-order valence-corrected chi connectivity index (χ0v) is 19.8. The van der Waals surface area contributed by atoms with Gasteiger partial charge in [0.1, 0.15) is 15.4 Å². The molecule has 3 N–H and O–H groups in total. The normalized spacial score (nSPS) is 15.2. The van der Waals surface area contributed by atoms with E-state index in [1.165, 1.54) is 33.8 Å². The number of anilines is 2. The predicted octanol–water partition coefficient (Wildman–Crippen LogP) is 5.92. The lowest BCUT2D eigenvalue weighted by Crippen LogP contribution is -2.14. The molecule has 0 saturated carbocycles. The monoisotopic (exact) mass is 483 g/mol. The number of thiazole rings is 1. The molecule has 4 heterocycles. The number of hydrogen-bond donors (Lipinski definition) is 2. The summed E-state index contributed by atoms with van der Waals surface area (Å²) in [6, 6.07) is 18.4. The zero-order valence-electron chi connectivity index (χ0n) is 18.2. The van der Waals surface area contributed by atoms with E-state index in [0.29, 0.717) is 21.6 Å². The number of benzene rings is 1. The minimum atomic E-state index is -0.262. The standard InChI is InChI=1S/C26H21N5OS2/c27-22-18-13-17-12-16(15-6-2-1-3-7-15)9-10-19(17)29-25(18)34-23(22)24(32)31-26-30-21(14-33-26)20-8-4-5-11-28-20/h1-8,11,13-14,16H,9-10,12,27H2,(H,30,31,32). The van der Waals surface area contributed by atoms with Crippen LogP contribution in [0.25, 0.3) is 21.6 Å². The largest absolute Gasteiger partial charge is 0.397 e. The Labute approximate surface area is 204 Å². The summed E-state index contributed by atoms with van der Waals surface area (Å²) in [5.41, 5.74) is 12.1. The van der Waals surface area contributed by atoms with Gasteiger partial charge in [-0.15, -0.1) is 22.7 Å². The number of rotatable bonds is 4. The van der Waals surface area contributed by atoms with Crippen LogP contribution in [0.4, 0.5) is 10.8 Å². The molecule has 5 aromatic rings. The van der Waals surface area contributed by atoms with E-state index in [0.717, 1.165) is 46.6 Å². The first-order chi connectivity index (χ1) is 16.7. The maximum absolute atomic E-state index is 13.1.